The van der Waals surface area contributed by atoms with Crippen LogP contribution >= 0.6 is 23.2 Å². The number of unbranched alkanes of at least 4 members (excludes halogenated alkanes) is 5. The van der Waals surface area contributed by atoms with Crippen molar-refractivity contribution in [1.82, 2.24) is 15.0 Å². The van der Waals surface area contributed by atoms with Crippen molar-refractivity contribution in [2.24, 2.45) is 0 Å². The first-order valence-electron chi connectivity index (χ1n) is 13.2. The van der Waals surface area contributed by atoms with Gasteiger partial charge >= 0.3 is 11.9 Å². The summed E-state index contributed by atoms with van der Waals surface area (Å²) in [5.41, 5.74) is 2.56. The first-order chi connectivity index (χ1) is 18.4. The van der Waals surface area contributed by atoms with Crippen LogP contribution in [-0.4, -0.2) is 40.1 Å². The van der Waals surface area contributed by atoms with E-state index in [1.165, 1.54) is 37.0 Å². The molecule has 1 heterocycles. The van der Waals surface area contributed by atoms with Crippen molar-refractivity contribution in [3.63, 3.8) is 0 Å². The van der Waals surface area contributed by atoms with Crippen LogP contribution in [0.1, 0.15) is 69.3 Å². The molecule has 0 aliphatic heterocycles. The van der Waals surface area contributed by atoms with Gasteiger partial charge in [-0.1, -0.05) is 85.6 Å². The molecular formula is C29H35Cl2N3O4. The van der Waals surface area contributed by atoms with Gasteiger partial charge in [-0.3, -0.25) is 4.79 Å². The van der Waals surface area contributed by atoms with Gasteiger partial charge in [-0.25, -0.2) is 4.79 Å². The number of amides is 1. The van der Waals surface area contributed by atoms with Gasteiger partial charge in [0.25, 0.3) is 5.89 Å². The summed E-state index contributed by atoms with van der Waals surface area (Å²) in [7, 11) is 0. The molecule has 0 N–H and O–H groups in total. The summed E-state index contributed by atoms with van der Waals surface area (Å²) >= 11 is 12.1. The number of carbonyl (C=O) groups excluding carboxylic acids is 2. The zero-order valence-corrected chi connectivity index (χ0v) is 23.6. The van der Waals surface area contributed by atoms with Gasteiger partial charge in [-0.2, -0.15) is 4.98 Å². The van der Waals surface area contributed by atoms with Gasteiger partial charge in [0.05, 0.1) is 16.7 Å². The average Bonchev–Trinajstić information content (AvgIpc) is 3.39. The zero-order chi connectivity index (χ0) is 27.3. The van der Waals surface area contributed by atoms with Gasteiger partial charge in [0.2, 0.25) is 0 Å². The summed E-state index contributed by atoms with van der Waals surface area (Å²) in [5, 5.41) is 5.02. The Hall–Kier alpha value is -2.90. The molecule has 0 atom stereocenters. The second-order valence-corrected chi connectivity index (χ2v) is 9.99. The summed E-state index contributed by atoms with van der Waals surface area (Å²) in [5.74, 6) is -0.376. The van der Waals surface area contributed by atoms with Crippen molar-refractivity contribution in [1.29, 1.82) is 0 Å². The van der Waals surface area contributed by atoms with E-state index in [1.54, 1.807) is 19.1 Å². The fourth-order valence-corrected chi connectivity index (χ4v) is 4.36. The minimum absolute atomic E-state index is 0.130. The molecule has 2 aromatic carbocycles. The molecule has 1 aromatic heterocycles. The van der Waals surface area contributed by atoms with E-state index in [1.807, 2.05) is 30.3 Å². The van der Waals surface area contributed by atoms with E-state index < -0.39 is 11.9 Å². The van der Waals surface area contributed by atoms with Crippen LogP contribution in [0.5, 0.6) is 0 Å². The van der Waals surface area contributed by atoms with Gasteiger partial charge in [0.1, 0.15) is 0 Å². The van der Waals surface area contributed by atoms with Crippen LogP contribution in [0, 0.1) is 0 Å². The maximum Gasteiger partial charge on any atom is 0.397 e. The van der Waals surface area contributed by atoms with Gasteiger partial charge < -0.3 is 14.2 Å². The van der Waals surface area contributed by atoms with E-state index in [2.05, 4.69) is 17.1 Å². The molecule has 0 bridgehead atoms. The highest BCUT2D eigenvalue weighted by Gasteiger charge is 2.23. The third kappa shape index (κ3) is 9.14. The summed E-state index contributed by atoms with van der Waals surface area (Å²) in [6.45, 7) is 4.56. The third-order valence-electron chi connectivity index (χ3n) is 6.19. The standard InChI is InChI=1S/C29H35Cl2N3O4/c1-3-5-6-7-8-9-10-26-32-27(38-33-26)23-14-11-22(12-15-23)20-34(28(35)29(36)37-4-2)18-17-21-13-16-24(30)25(31)19-21/h11-16,19H,3-10,17-18,20H2,1-2H3. The normalized spacial score (nSPS) is 10.9. The molecule has 38 heavy (non-hydrogen) atoms. The SMILES string of the molecule is CCCCCCCCc1noc(-c2ccc(CN(CCc3ccc(Cl)c(Cl)c3)C(=O)C(=O)OCC)cc2)n1. The van der Waals surface area contributed by atoms with Crippen LogP contribution < -0.4 is 0 Å². The molecular weight excluding hydrogens is 525 g/mol. The Kier molecular flexibility index (Phi) is 12.1. The van der Waals surface area contributed by atoms with E-state index in [-0.39, 0.29) is 13.2 Å². The predicted octanol–water partition coefficient (Wildman–Crippen LogP) is 7.08. The molecule has 0 spiro atoms. The number of aryl methyl sites for hydroxylation is 1. The Bertz CT molecular complexity index is 1180. The van der Waals surface area contributed by atoms with Crippen molar-refractivity contribution >= 4 is 35.1 Å². The fourth-order valence-electron chi connectivity index (χ4n) is 4.04. The molecule has 0 aliphatic carbocycles. The average molecular weight is 561 g/mol. The van der Waals surface area contributed by atoms with Crippen molar-refractivity contribution in [3.05, 3.63) is 69.5 Å². The van der Waals surface area contributed by atoms with Gasteiger partial charge in [-0.15, -0.1) is 0 Å². The molecule has 0 radical (unpaired) electrons. The number of halogens is 2. The Morgan fingerprint density at radius 2 is 1.61 bits per heavy atom. The second-order valence-electron chi connectivity index (χ2n) is 9.18. The number of benzene rings is 2. The van der Waals surface area contributed by atoms with Gasteiger partial charge in [-0.05, 0) is 55.2 Å². The molecule has 0 saturated carbocycles. The van der Waals surface area contributed by atoms with Gasteiger partial charge in [0, 0.05) is 25.1 Å². The number of esters is 1. The van der Waals surface area contributed by atoms with Crippen LogP contribution in [-0.2, 0) is 33.7 Å². The molecule has 9 heteroatoms. The lowest BCUT2D eigenvalue weighted by atomic mass is 10.1. The van der Waals surface area contributed by atoms with Crippen molar-refractivity contribution in [2.75, 3.05) is 13.2 Å². The largest absolute Gasteiger partial charge is 0.459 e. The first kappa shape index (κ1) is 29.7. The number of rotatable bonds is 14. The number of ether oxygens (including phenoxy) is 1. The molecule has 204 valence electrons. The first-order valence-corrected chi connectivity index (χ1v) is 14.0. The summed E-state index contributed by atoms with van der Waals surface area (Å²) in [6.07, 6.45) is 8.57. The van der Waals surface area contributed by atoms with E-state index in [9.17, 15) is 9.59 Å². The Morgan fingerprint density at radius 1 is 0.895 bits per heavy atom. The fraction of sp³-hybridized carbons (Fsp3) is 0.448. The molecule has 7 nitrogen and oxygen atoms in total. The van der Waals surface area contributed by atoms with E-state index in [0.717, 1.165) is 29.5 Å². The van der Waals surface area contributed by atoms with E-state index >= 15 is 0 Å². The van der Waals surface area contributed by atoms with E-state index in [0.29, 0.717) is 34.7 Å². The second kappa shape index (κ2) is 15.5. The van der Waals surface area contributed by atoms with E-state index in [4.69, 9.17) is 32.5 Å². The van der Waals surface area contributed by atoms with Crippen LogP contribution in [0.25, 0.3) is 11.5 Å². The monoisotopic (exact) mass is 559 g/mol. The lowest BCUT2D eigenvalue weighted by Crippen LogP contribution is -2.38. The lowest BCUT2D eigenvalue weighted by Gasteiger charge is -2.22. The Balaban J connectivity index is 1.61. The summed E-state index contributed by atoms with van der Waals surface area (Å²) in [4.78, 5) is 31.0. The summed E-state index contributed by atoms with van der Waals surface area (Å²) in [6, 6.07) is 12.9. The zero-order valence-electron chi connectivity index (χ0n) is 22.1. The van der Waals surface area contributed by atoms with Crippen LogP contribution in [0.3, 0.4) is 0 Å². The molecule has 0 fully saturated rings. The van der Waals surface area contributed by atoms with Crippen LogP contribution in [0.4, 0.5) is 0 Å². The molecule has 0 aliphatic rings. The number of hydrogen-bond acceptors (Lipinski definition) is 6. The minimum Gasteiger partial charge on any atom is -0.459 e. The maximum atomic E-state index is 12.8. The Morgan fingerprint density at radius 3 is 2.32 bits per heavy atom. The number of aromatic nitrogens is 2. The molecule has 3 aromatic rings. The van der Waals surface area contributed by atoms with Crippen molar-refractivity contribution < 1.29 is 18.8 Å². The highest BCUT2D eigenvalue weighted by molar-refractivity contribution is 6.42. The number of hydrogen-bond donors (Lipinski definition) is 0. The van der Waals surface area contributed by atoms with Crippen molar-refractivity contribution in [2.45, 2.75) is 71.8 Å². The topological polar surface area (TPSA) is 85.5 Å². The van der Waals surface area contributed by atoms with Crippen LogP contribution in [0.2, 0.25) is 10.0 Å². The minimum atomic E-state index is -0.873. The Labute approximate surface area is 234 Å². The van der Waals surface area contributed by atoms with Crippen molar-refractivity contribution in [3.8, 4) is 11.5 Å². The third-order valence-corrected chi connectivity index (χ3v) is 6.93. The highest BCUT2D eigenvalue weighted by Crippen LogP contribution is 2.23. The highest BCUT2D eigenvalue weighted by atomic mass is 35.5. The quantitative estimate of drug-likeness (QED) is 0.119. The smallest absolute Gasteiger partial charge is 0.397 e. The number of carbonyl (C=O) groups is 2. The molecule has 1 amide bonds. The maximum absolute atomic E-state index is 12.8. The van der Waals surface area contributed by atoms with Crippen LogP contribution in [0.15, 0.2) is 47.0 Å². The molecule has 0 saturated heterocycles. The molecule has 0 unspecified atom stereocenters. The van der Waals surface area contributed by atoms with Gasteiger partial charge in [0.15, 0.2) is 5.82 Å². The number of nitrogens with zero attached hydrogens (tertiary/aromatic N) is 3. The predicted molar refractivity (Wildman–Crippen MR) is 149 cm³/mol. The summed E-state index contributed by atoms with van der Waals surface area (Å²) < 4.78 is 10.4. The lowest BCUT2D eigenvalue weighted by molar-refractivity contribution is -0.160. The molecule has 3 rings (SSSR count).